The fourth-order valence-corrected chi connectivity index (χ4v) is 3.10. The standard InChI is InChI=1S/C20H22F3N3O3/c1-26(16-5-3-2-4-6-16)25-18(27)15-11-17(14-7-9-28-10-8-14)19(24-12-15)29-13-20(21,22)23/h2-6,11-12,14H,7-10,13H2,1H3,(H,25,27). The van der Waals surface area contributed by atoms with Gasteiger partial charge in [0.05, 0.1) is 11.3 Å². The molecular weight excluding hydrogens is 387 g/mol. The van der Waals surface area contributed by atoms with Gasteiger partial charge in [-0.25, -0.2) is 4.98 Å². The molecule has 0 radical (unpaired) electrons. The number of hydrogen-bond donors (Lipinski definition) is 1. The number of halogens is 3. The zero-order valence-corrected chi connectivity index (χ0v) is 15.9. The van der Waals surface area contributed by atoms with Crippen LogP contribution in [0.25, 0.3) is 0 Å². The smallest absolute Gasteiger partial charge is 0.422 e. The molecule has 1 saturated heterocycles. The van der Waals surface area contributed by atoms with Gasteiger partial charge in [0.1, 0.15) is 0 Å². The highest BCUT2D eigenvalue weighted by Crippen LogP contribution is 2.33. The van der Waals surface area contributed by atoms with Gasteiger partial charge in [-0.2, -0.15) is 13.2 Å². The van der Waals surface area contributed by atoms with Crippen molar-refractivity contribution in [1.29, 1.82) is 0 Å². The Balaban J connectivity index is 1.80. The van der Waals surface area contributed by atoms with Crippen LogP contribution in [-0.4, -0.2) is 43.9 Å². The minimum Gasteiger partial charge on any atom is -0.468 e. The second-order valence-corrected chi connectivity index (χ2v) is 6.74. The number of para-hydroxylation sites is 1. The molecule has 0 atom stereocenters. The summed E-state index contributed by atoms with van der Waals surface area (Å²) in [7, 11) is 1.70. The lowest BCUT2D eigenvalue weighted by molar-refractivity contribution is -0.154. The molecule has 1 aliphatic heterocycles. The summed E-state index contributed by atoms with van der Waals surface area (Å²) in [6.07, 6.45) is -2.00. The second-order valence-electron chi connectivity index (χ2n) is 6.74. The number of hydrazine groups is 1. The maximum Gasteiger partial charge on any atom is 0.422 e. The fraction of sp³-hybridized carbons (Fsp3) is 0.400. The van der Waals surface area contributed by atoms with Crippen LogP contribution in [0.3, 0.4) is 0 Å². The van der Waals surface area contributed by atoms with Crippen LogP contribution in [0.1, 0.15) is 34.7 Å². The van der Waals surface area contributed by atoms with E-state index in [1.54, 1.807) is 18.1 Å². The number of alkyl halides is 3. The van der Waals surface area contributed by atoms with Crippen molar-refractivity contribution < 1.29 is 27.4 Å². The van der Waals surface area contributed by atoms with Gasteiger partial charge >= 0.3 is 6.18 Å². The van der Waals surface area contributed by atoms with Crippen molar-refractivity contribution >= 4 is 11.6 Å². The van der Waals surface area contributed by atoms with Crippen molar-refractivity contribution in [2.24, 2.45) is 0 Å². The summed E-state index contributed by atoms with van der Waals surface area (Å²) >= 11 is 0. The van der Waals surface area contributed by atoms with E-state index in [0.717, 1.165) is 5.69 Å². The number of hydrogen-bond acceptors (Lipinski definition) is 5. The second kappa shape index (κ2) is 9.13. The molecule has 1 amide bonds. The molecule has 2 aromatic rings. The minimum absolute atomic E-state index is 0.0842. The first kappa shape index (κ1) is 20.9. The molecule has 0 unspecified atom stereocenters. The molecule has 1 fully saturated rings. The molecule has 6 nitrogen and oxygen atoms in total. The minimum atomic E-state index is -4.47. The number of aromatic nitrogens is 1. The number of ether oxygens (including phenoxy) is 2. The van der Waals surface area contributed by atoms with E-state index in [-0.39, 0.29) is 17.4 Å². The molecular formula is C20H22F3N3O3. The van der Waals surface area contributed by atoms with Crippen molar-refractivity contribution in [3.63, 3.8) is 0 Å². The quantitative estimate of drug-likeness (QED) is 0.738. The summed E-state index contributed by atoms with van der Waals surface area (Å²) in [5.41, 5.74) is 4.25. The molecule has 1 aromatic carbocycles. The highest BCUT2D eigenvalue weighted by molar-refractivity contribution is 5.95. The van der Waals surface area contributed by atoms with Gasteiger partial charge in [-0.15, -0.1) is 0 Å². The molecule has 29 heavy (non-hydrogen) atoms. The van der Waals surface area contributed by atoms with Crippen LogP contribution in [0.4, 0.5) is 18.9 Å². The van der Waals surface area contributed by atoms with E-state index < -0.39 is 18.7 Å². The van der Waals surface area contributed by atoms with Crippen LogP contribution in [0.5, 0.6) is 5.88 Å². The normalized spacial score (nSPS) is 15.0. The fourth-order valence-electron chi connectivity index (χ4n) is 3.10. The Morgan fingerprint density at radius 1 is 1.28 bits per heavy atom. The summed E-state index contributed by atoms with van der Waals surface area (Å²) in [6.45, 7) is -0.439. The molecule has 0 spiro atoms. The van der Waals surface area contributed by atoms with Gasteiger partial charge in [0, 0.05) is 32.0 Å². The van der Waals surface area contributed by atoms with Gasteiger partial charge in [-0.1, -0.05) is 18.2 Å². The monoisotopic (exact) mass is 409 g/mol. The van der Waals surface area contributed by atoms with E-state index in [4.69, 9.17) is 9.47 Å². The Kier molecular flexibility index (Phi) is 6.58. The number of nitrogens with one attached hydrogen (secondary N) is 1. The first-order valence-electron chi connectivity index (χ1n) is 9.20. The van der Waals surface area contributed by atoms with Gasteiger partial charge in [-0.05, 0) is 37.0 Å². The summed E-state index contributed by atoms with van der Waals surface area (Å²) in [4.78, 5) is 16.7. The summed E-state index contributed by atoms with van der Waals surface area (Å²) in [5, 5.41) is 1.56. The Hall–Kier alpha value is -2.81. The zero-order chi connectivity index (χ0) is 20.9. The third-order valence-electron chi connectivity index (χ3n) is 4.59. The molecule has 9 heteroatoms. The molecule has 156 valence electrons. The molecule has 1 N–H and O–H groups in total. The SMILES string of the molecule is CN(NC(=O)c1cnc(OCC(F)(F)F)c(C2CCOCC2)c1)c1ccccc1. The van der Waals surface area contributed by atoms with Gasteiger partial charge in [0.25, 0.3) is 5.91 Å². The van der Waals surface area contributed by atoms with E-state index in [1.165, 1.54) is 6.20 Å². The predicted molar refractivity (Wildman–Crippen MR) is 101 cm³/mol. The van der Waals surface area contributed by atoms with Crippen LogP contribution in [-0.2, 0) is 4.74 Å². The number of nitrogens with zero attached hydrogens (tertiary/aromatic N) is 2. The Labute approximate surface area is 166 Å². The van der Waals surface area contributed by atoms with Gasteiger partial charge in [0.15, 0.2) is 6.61 Å². The first-order chi connectivity index (χ1) is 13.8. The van der Waals surface area contributed by atoms with Crippen LogP contribution in [0.15, 0.2) is 42.6 Å². The molecule has 1 aromatic heterocycles. The predicted octanol–water partition coefficient (Wildman–Crippen LogP) is 3.70. The van der Waals surface area contributed by atoms with E-state index >= 15 is 0 Å². The average Bonchev–Trinajstić information content (AvgIpc) is 2.72. The largest absolute Gasteiger partial charge is 0.468 e. The molecule has 0 bridgehead atoms. The van der Waals surface area contributed by atoms with Crippen molar-refractivity contribution in [3.05, 3.63) is 53.7 Å². The van der Waals surface area contributed by atoms with Crippen molar-refractivity contribution in [2.75, 3.05) is 31.9 Å². The number of pyridine rings is 1. The number of benzene rings is 1. The van der Waals surface area contributed by atoms with E-state index in [2.05, 4.69) is 10.4 Å². The average molecular weight is 409 g/mol. The van der Waals surface area contributed by atoms with Crippen molar-refractivity contribution in [1.82, 2.24) is 10.4 Å². The summed E-state index contributed by atoms with van der Waals surface area (Å²) in [5.74, 6) is -0.596. The summed E-state index contributed by atoms with van der Waals surface area (Å²) < 4.78 is 48.0. The highest BCUT2D eigenvalue weighted by atomic mass is 19.4. The Morgan fingerprint density at radius 2 is 1.97 bits per heavy atom. The van der Waals surface area contributed by atoms with E-state index in [9.17, 15) is 18.0 Å². The lowest BCUT2D eigenvalue weighted by Crippen LogP contribution is -2.39. The highest BCUT2D eigenvalue weighted by Gasteiger charge is 2.30. The number of anilines is 1. The topological polar surface area (TPSA) is 63.7 Å². The van der Waals surface area contributed by atoms with Gasteiger partial charge < -0.3 is 9.47 Å². The number of carbonyl (C=O) groups is 1. The van der Waals surface area contributed by atoms with Crippen molar-refractivity contribution in [3.8, 4) is 5.88 Å². The first-order valence-corrected chi connectivity index (χ1v) is 9.20. The van der Waals surface area contributed by atoms with Crippen LogP contribution in [0, 0.1) is 0 Å². The molecule has 1 aliphatic rings. The molecule has 0 saturated carbocycles. The molecule has 0 aliphatic carbocycles. The maximum absolute atomic E-state index is 12.7. The molecule has 2 heterocycles. The molecule has 3 rings (SSSR count). The zero-order valence-electron chi connectivity index (χ0n) is 15.9. The van der Waals surface area contributed by atoms with Crippen LogP contribution in [0.2, 0.25) is 0 Å². The number of carbonyl (C=O) groups excluding carboxylic acids is 1. The lowest BCUT2D eigenvalue weighted by atomic mass is 9.91. The number of amides is 1. The van der Waals surface area contributed by atoms with Crippen LogP contribution < -0.4 is 15.2 Å². The lowest BCUT2D eigenvalue weighted by Gasteiger charge is -2.25. The Morgan fingerprint density at radius 3 is 2.62 bits per heavy atom. The third-order valence-corrected chi connectivity index (χ3v) is 4.59. The van der Waals surface area contributed by atoms with E-state index in [1.807, 2.05) is 30.3 Å². The van der Waals surface area contributed by atoms with E-state index in [0.29, 0.717) is 31.6 Å². The van der Waals surface area contributed by atoms with Crippen molar-refractivity contribution in [2.45, 2.75) is 24.9 Å². The third kappa shape index (κ3) is 5.83. The summed E-state index contributed by atoms with van der Waals surface area (Å²) in [6, 6.07) is 10.8. The Bertz CT molecular complexity index is 825. The number of rotatable bonds is 6. The van der Waals surface area contributed by atoms with Crippen LogP contribution >= 0.6 is 0 Å². The van der Waals surface area contributed by atoms with Gasteiger partial charge in [-0.3, -0.25) is 15.2 Å². The maximum atomic E-state index is 12.7. The van der Waals surface area contributed by atoms with Gasteiger partial charge in [0.2, 0.25) is 5.88 Å².